The van der Waals surface area contributed by atoms with Gasteiger partial charge in [-0.05, 0) is 29.5 Å². The average molecular weight is 327 g/mol. The van der Waals surface area contributed by atoms with Crippen LogP contribution in [0.25, 0.3) is 0 Å². The highest BCUT2D eigenvalue weighted by Crippen LogP contribution is 2.49. The monoisotopic (exact) mass is 327 g/mol. The highest BCUT2D eigenvalue weighted by molar-refractivity contribution is 5.83. The molecule has 1 aliphatic carbocycles. The molecule has 2 atom stereocenters. The van der Waals surface area contributed by atoms with E-state index >= 15 is 0 Å². The van der Waals surface area contributed by atoms with Gasteiger partial charge < -0.3 is 9.64 Å². The van der Waals surface area contributed by atoms with Crippen LogP contribution in [0, 0.1) is 11.7 Å². The maximum absolute atomic E-state index is 13.9. The van der Waals surface area contributed by atoms with Crippen molar-refractivity contribution >= 4 is 5.91 Å². The molecule has 24 heavy (non-hydrogen) atoms. The Kier molecular flexibility index (Phi) is 5.26. The summed E-state index contributed by atoms with van der Waals surface area (Å²) >= 11 is 0. The summed E-state index contributed by atoms with van der Waals surface area (Å²) in [5, 5.41) is 0. The molecule has 0 spiro atoms. The number of benzene rings is 2. The number of methoxy groups -OCH3 is 1. The SMILES string of the molecule is COCCN(Cc1ccccc1)C(=O)C1CC1c1ccccc1F. The predicted molar refractivity (Wildman–Crippen MR) is 91.0 cm³/mol. The molecule has 3 nitrogen and oxygen atoms in total. The summed E-state index contributed by atoms with van der Waals surface area (Å²) in [7, 11) is 1.63. The molecule has 2 aromatic rings. The van der Waals surface area contributed by atoms with Crippen molar-refractivity contribution in [2.45, 2.75) is 18.9 Å². The lowest BCUT2D eigenvalue weighted by Gasteiger charge is -2.23. The van der Waals surface area contributed by atoms with Crippen molar-refractivity contribution in [3.05, 3.63) is 71.5 Å². The largest absolute Gasteiger partial charge is 0.383 e. The van der Waals surface area contributed by atoms with Gasteiger partial charge in [0, 0.05) is 26.1 Å². The first kappa shape index (κ1) is 16.7. The van der Waals surface area contributed by atoms with Gasteiger partial charge in [-0.15, -0.1) is 0 Å². The van der Waals surface area contributed by atoms with Crippen LogP contribution in [-0.2, 0) is 16.1 Å². The fourth-order valence-corrected chi connectivity index (χ4v) is 3.09. The minimum atomic E-state index is -0.218. The van der Waals surface area contributed by atoms with Gasteiger partial charge in [-0.2, -0.15) is 0 Å². The van der Waals surface area contributed by atoms with E-state index in [9.17, 15) is 9.18 Å². The molecule has 1 aliphatic rings. The zero-order chi connectivity index (χ0) is 16.9. The number of hydrogen-bond acceptors (Lipinski definition) is 2. The van der Waals surface area contributed by atoms with Gasteiger partial charge >= 0.3 is 0 Å². The van der Waals surface area contributed by atoms with Crippen LogP contribution in [0.3, 0.4) is 0 Å². The van der Waals surface area contributed by atoms with Gasteiger partial charge in [0.25, 0.3) is 0 Å². The minimum absolute atomic E-state index is 0.000446. The van der Waals surface area contributed by atoms with Gasteiger partial charge in [0.1, 0.15) is 5.82 Å². The molecule has 1 fully saturated rings. The summed E-state index contributed by atoms with van der Waals surface area (Å²) in [6.07, 6.45) is 0.720. The summed E-state index contributed by atoms with van der Waals surface area (Å²) in [5.74, 6) is -0.254. The van der Waals surface area contributed by atoms with Crippen LogP contribution >= 0.6 is 0 Å². The van der Waals surface area contributed by atoms with E-state index in [4.69, 9.17) is 4.74 Å². The number of amides is 1. The van der Waals surface area contributed by atoms with E-state index < -0.39 is 0 Å². The normalized spacial score (nSPS) is 19.1. The maximum atomic E-state index is 13.9. The zero-order valence-corrected chi connectivity index (χ0v) is 13.8. The molecule has 0 N–H and O–H groups in total. The average Bonchev–Trinajstić information content (AvgIpc) is 3.40. The van der Waals surface area contributed by atoms with Gasteiger partial charge in [0.05, 0.1) is 6.61 Å². The second-order valence-corrected chi connectivity index (χ2v) is 6.21. The summed E-state index contributed by atoms with van der Waals surface area (Å²) < 4.78 is 19.1. The van der Waals surface area contributed by atoms with E-state index in [2.05, 4.69) is 0 Å². The van der Waals surface area contributed by atoms with Crippen LogP contribution in [0.4, 0.5) is 4.39 Å². The van der Waals surface area contributed by atoms with Crippen LogP contribution in [0.5, 0.6) is 0 Å². The van der Waals surface area contributed by atoms with Crippen molar-refractivity contribution in [3.63, 3.8) is 0 Å². The van der Waals surface area contributed by atoms with Crippen LogP contribution in [0.1, 0.15) is 23.5 Å². The van der Waals surface area contributed by atoms with Gasteiger partial charge in [0.15, 0.2) is 0 Å². The first-order chi connectivity index (χ1) is 11.7. The Hall–Kier alpha value is -2.20. The molecule has 2 aromatic carbocycles. The number of carbonyl (C=O) groups excluding carboxylic acids is 1. The van der Waals surface area contributed by atoms with Crippen LogP contribution in [0.15, 0.2) is 54.6 Å². The Balaban J connectivity index is 1.69. The molecule has 1 saturated carbocycles. The standard InChI is InChI=1S/C20H22FNO2/c1-24-12-11-22(14-15-7-3-2-4-8-15)20(23)18-13-17(18)16-9-5-6-10-19(16)21/h2-10,17-18H,11-14H2,1H3. The molecule has 2 unspecified atom stereocenters. The number of nitrogens with zero attached hydrogens (tertiary/aromatic N) is 1. The van der Waals surface area contributed by atoms with Crippen LogP contribution in [-0.4, -0.2) is 31.1 Å². The maximum Gasteiger partial charge on any atom is 0.226 e. The molecular weight excluding hydrogens is 305 g/mol. The molecule has 0 bridgehead atoms. The minimum Gasteiger partial charge on any atom is -0.383 e. The Morgan fingerprint density at radius 3 is 2.58 bits per heavy atom. The van der Waals surface area contributed by atoms with E-state index in [-0.39, 0.29) is 23.6 Å². The smallest absolute Gasteiger partial charge is 0.226 e. The van der Waals surface area contributed by atoms with Gasteiger partial charge in [-0.1, -0.05) is 48.5 Å². The number of ether oxygens (including phenoxy) is 1. The molecule has 1 amide bonds. The second kappa shape index (κ2) is 7.58. The van der Waals surface area contributed by atoms with Crippen molar-refractivity contribution in [3.8, 4) is 0 Å². The molecular formula is C20H22FNO2. The summed E-state index contributed by atoms with van der Waals surface area (Å²) in [6, 6.07) is 16.7. The van der Waals surface area contributed by atoms with Crippen molar-refractivity contribution < 1.29 is 13.9 Å². The quantitative estimate of drug-likeness (QED) is 0.777. The van der Waals surface area contributed by atoms with Crippen molar-refractivity contribution in [2.24, 2.45) is 5.92 Å². The molecule has 0 saturated heterocycles. The van der Waals surface area contributed by atoms with Gasteiger partial charge in [-0.3, -0.25) is 4.79 Å². The fourth-order valence-electron chi connectivity index (χ4n) is 3.09. The topological polar surface area (TPSA) is 29.5 Å². The lowest BCUT2D eigenvalue weighted by atomic mass is 10.1. The highest BCUT2D eigenvalue weighted by atomic mass is 19.1. The zero-order valence-electron chi connectivity index (χ0n) is 13.8. The lowest BCUT2D eigenvalue weighted by molar-refractivity contribution is -0.134. The van der Waals surface area contributed by atoms with Gasteiger partial charge in [-0.25, -0.2) is 4.39 Å². The Bertz CT molecular complexity index is 689. The second-order valence-electron chi connectivity index (χ2n) is 6.21. The Morgan fingerprint density at radius 2 is 1.88 bits per heavy atom. The Labute approximate surface area is 142 Å². The number of hydrogen-bond donors (Lipinski definition) is 0. The van der Waals surface area contributed by atoms with Crippen molar-refractivity contribution in [2.75, 3.05) is 20.3 Å². The molecule has 0 aromatic heterocycles. The number of carbonyl (C=O) groups is 1. The molecule has 3 rings (SSSR count). The van der Waals surface area contributed by atoms with Crippen molar-refractivity contribution in [1.82, 2.24) is 4.90 Å². The Morgan fingerprint density at radius 1 is 1.17 bits per heavy atom. The summed E-state index contributed by atoms with van der Waals surface area (Å²) in [4.78, 5) is 14.7. The predicted octanol–water partition coefficient (Wildman–Crippen LogP) is 3.60. The highest BCUT2D eigenvalue weighted by Gasteiger charge is 2.46. The molecule has 0 heterocycles. The third-order valence-corrected chi connectivity index (χ3v) is 4.51. The fraction of sp³-hybridized carbons (Fsp3) is 0.350. The number of rotatable bonds is 7. The molecule has 0 aliphatic heterocycles. The number of halogens is 1. The van der Waals surface area contributed by atoms with E-state index in [1.165, 1.54) is 6.07 Å². The molecule has 126 valence electrons. The van der Waals surface area contributed by atoms with E-state index in [0.717, 1.165) is 12.0 Å². The third kappa shape index (κ3) is 3.82. The first-order valence-electron chi connectivity index (χ1n) is 8.26. The third-order valence-electron chi connectivity index (χ3n) is 4.51. The molecule has 4 heteroatoms. The van der Waals surface area contributed by atoms with E-state index in [0.29, 0.717) is 25.3 Å². The lowest BCUT2D eigenvalue weighted by Crippen LogP contribution is -2.34. The summed E-state index contributed by atoms with van der Waals surface area (Å²) in [6.45, 7) is 1.60. The summed E-state index contributed by atoms with van der Waals surface area (Å²) in [5.41, 5.74) is 1.74. The first-order valence-corrected chi connectivity index (χ1v) is 8.26. The van der Waals surface area contributed by atoms with Crippen molar-refractivity contribution in [1.29, 1.82) is 0 Å². The molecule has 0 radical (unpaired) electrons. The van der Waals surface area contributed by atoms with E-state index in [1.54, 1.807) is 19.2 Å². The van der Waals surface area contributed by atoms with Crippen LogP contribution < -0.4 is 0 Å². The van der Waals surface area contributed by atoms with Gasteiger partial charge in [0.2, 0.25) is 5.91 Å². The van der Waals surface area contributed by atoms with E-state index in [1.807, 2.05) is 41.3 Å². The van der Waals surface area contributed by atoms with Crippen LogP contribution in [0.2, 0.25) is 0 Å².